The lowest BCUT2D eigenvalue weighted by molar-refractivity contribution is 0.102. The number of hydrogen-bond donors (Lipinski definition) is 2. The molecule has 0 saturated carbocycles. The van der Waals surface area contributed by atoms with E-state index in [-0.39, 0.29) is 5.91 Å². The fourth-order valence-corrected chi connectivity index (χ4v) is 3.02. The van der Waals surface area contributed by atoms with Crippen LogP contribution in [0.1, 0.15) is 27.3 Å². The average Bonchev–Trinajstić information content (AvgIpc) is 2.79. The van der Waals surface area contributed by atoms with Gasteiger partial charge in [-0.1, -0.05) is 42.5 Å². The van der Waals surface area contributed by atoms with Crippen LogP contribution in [0, 0.1) is 0 Å². The molecule has 2 N–H and O–H groups in total. The van der Waals surface area contributed by atoms with Gasteiger partial charge in [-0.2, -0.15) is 0 Å². The number of nitrogens with zero attached hydrogens (tertiary/aromatic N) is 3. The Morgan fingerprint density at radius 3 is 2.47 bits per heavy atom. The van der Waals surface area contributed by atoms with Crippen molar-refractivity contribution in [2.45, 2.75) is 13.0 Å². The van der Waals surface area contributed by atoms with Gasteiger partial charge in [-0.3, -0.25) is 9.78 Å². The van der Waals surface area contributed by atoms with Crippen molar-refractivity contribution in [3.63, 3.8) is 0 Å². The van der Waals surface area contributed by atoms with Crippen LogP contribution in [-0.2, 0) is 13.0 Å². The smallest absolute Gasteiger partial charge is 0.255 e. The Balaban J connectivity index is 1.38. The van der Waals surface area contributed by atoms with Gasteiger partial charge in [0.1, 0.15) is 11.6 Å². The molecule has 0 radical (unpaired) electrons. The van der Waals surface area contributed by atoms with Crippen LogP contribution in [0.2, 0.25) is 0 Å². The first-order valence-electron chi connectivity index (χ1n) is 9.66. The lowest BCUT2D eigenvalue weighted by Gasteiger charge is -2.10. The highest BCUT2D eigenvalue weighted by atomic mass is 16.1. The number of aromatic nitrogens is 3. The largest absolute Gasteiger partial charge is 0.366 e. The summed E-state index contributed by atoms with van der Waals surface area (Å²) in [6, 6.07) is 23.1. The van der Waals surface area contributed by atoms with Gasteiger partial charge in [-0.05, 0) is 41.5 Å². The monoisotopic (exact) mass is 395 g/mol. The van der Waals surface area contributed by atoms with E-state index in [0.29, 0.717) is 18.5 Å². The highest BCUT2D eigenvalue weighted by Gasteiger charge is 2.06. The lowest BCUT2D eigenvalue weighted by Crippen LogP contribution is -2.12. The van der Waals surface area contributed by atoms with Crippen molar-refractivity contribution in [3.8, 4) is 0 Å². The van der Waals surface area contributed by atoms with Crippen LogP contribution in [0.4, 0.5) is 11.5 Å². The first-order valence-corrected chi connectivity index (χ1v) is 9.66. The Hall–Kier alpha value is -4.06. The minimum atomic E-state index is -0.163. The summed E-state index contributed by atoms with van der Waals surface area (Å²) in [5.74, 6) is 1.37. The Morgan fingerprint density at radius 1 is 0.833 bits per heavy atom. The van der Waals surface area contributed by atoms with Crippen molar-refractivity contribution in [1.29, 1.82) is 0 Å². The van der Waals surface area contributed by atoms with Gasteiger partial charge in [0.05, 0.1) is 0 Å². The minimum absolute atomic E-state index is 0.163. The quantitative estimate of drug-likeness (QED) is 0.487. The Bertz CT molecular complexity index is 1120. The highest BCUT2D eigenvalue weighted by molar-refractivity contribution is 6.04. The first kappa shape index (κ1) is 19.3. The van der Waals surface area contributed by atoms with Crippen LogP contribution >= 0.6 is 0 Å². The van der Waals surface area contributed by atoms with Gasteiger partial charge in [-0.25, -0.2) is 9.97 Å². The van der Waals surface area contributed by atoms with Crippen molar-refractivity contribution >= 4 is 17.4 Å². The second kappa shape index (κ2) is 9.43. The van der Waals surface area contributed by atoms with Crippen LogP contribution in [0.3, 0.4) is 0 Å². The normalized spacial score (nSPS) is 10.4. The summed E-state index contributed by atoms with van der Waals surface area (Å²) in [7, 11) is 0. The van der Waals surface area contributed by atoms with Crippen LogP contribution in [0.25, 0.3) is 0 Å². The van der Waals surface area contributed by atoms with E-state index in [1.54, 1.807) is 30.7 Å². The fourth-order valence-electron chi connectivity index (χ4n) is 3.02. The van der Waals surface area contributed by atoms with E-state index in [2.05, 4.69) is 37.7 Å². The second-order valence-corrected chi connectivity index (χ2v) is 6.76. The molecule has 2 aromatic carbocycles. The highest BCUT2D eigenvalue weighted by Crippen LogP contribution is 2.14. The van der Waals surface area contributed by atoms with Gasteiger partial charge >= 0.3 is 0 Å². The van der Waals surface area contributed by atoms with Crippen LogP contribution in [0.15, 0.2) is 91.4 Å². The molecule has 148 valence electrons. The topological polar surface area (TPSA) is 79.8 Å². The van der Waals surface area contributed by atoms with Gasteiger partial charge in [0.2, 0.25) is 0 Å². The maximum absolute atomic E-state index is 12.3. The molecule has 1 amide bonds. The molecule has 0 atom stereocenters. The molecule has 6 heteroatoms. The molecule has 0 unspecified atom stereocenters. The number of amides is 1. The molecule has 4 aromatic rings. The molecule has 0 fully saturated rings. The SMILES string of the molecule is O=C(Nc1cccc(CNc2ccnc(Cc3ccccc3)n2)c1)c1ccncc1. The van der Waals surface area contributed by atoms with Crippen LogP contribution < -0.4 is 10.6 Å². The number of hydrogen-bond acceptors (Lipinski definition) is 5. The van der Waals surface area contributed by atoms with E-state index in [1.807, 2.05) is 48.5 Å². The Kier molecular flexibility index (Phi) is 6.05. The summed E-state index contributed by atoms with van der Waals surface area (Å²) in [5.41, 5.74) is 3.52. The molecule has 0 aliphatic carbocycles. The summed E-state index contributed by atoms with van der Waals surface area (Å²) in [5, 5.41) is 6.24. The molecule has 0 aliphatic rings. The molecule has 2 heterocycles. The zero-order valence-electron chi connectivity index (χ0n) is 16.3. The molecular weight excluding hydrogens is 374 g/mol. The zero-order chi connectivity index (χ0) is 20.6. The van der Waals surface area contributed by atoms with E-state index in [1.165, 1.54) is 5.56 Å². The minimum Gasteiger partial charge on any atom is -0.366 e. The first-order chi connectivity index (χ1) is 14.8. The summed E-state index contributed by atoms with van der Waals surface area (Å²) >= 11 is 0. The summed E-state index contributed by atoms with van der Waals surface area (Å²) in [6.07, 6.45) is 5.65. The predicted octanol–water partition coefficient (Wildman–Crippen LogP) is 4.33. The van der Waals surface area contributed by atoms with Gasteiger partial charge in [-0.15, -0.1) is 0 Å². The van der Waals surface area contributed by atoms with Gasteiger partial charge in [0.25, 0.3) is 5.91 Å². The molecule has 6 nitrogen and oxygen atoms in total. The van der Waals surface area contributed by atoms with Gasteiger partial charge in [0, 0.05) is 42.8 Å². The standard InChI is InChI=1S/C24H21N5O/c30-24(20-9-12-25-13-10-20)28-21-8-4-7-19(15-21)17-27-22-11-14-26-23(29-22)16-18-5-2-1-3-6-18/h1-15H,16-17H2,(H,28,30)(H,26,27,29). The number of rotatable bonds is 7. The predicted molar refractivity (Wildman–Crippen MR) is 117 cm³/mol. The van der Waals surface area contributed by atoms with Crippen molar-refractivity contribution in [1.82, 2.24) is 15.0 Å². The van der Waals surface area contributed by atoms with E-state index in [0.717, 1.165) is 22.9 Å². The third-order valence-corrected chi connectivity index (χ3v) is 4.51. The zero-order valence-corrected chi connectivity index (χ0v) is 16.3. The maximum Gasteiger partial charge on any atom is 0.255 e. The van der Waals surface area contributed by atoms with E-state index >= 15 is 0 Å². The molecule has 30 heavy (non-hydrogen) atoms. The van der Waals surface area contributed by atoms with Gasteiger partial charge in [0.15, 0.2) is 0 Å². The molecule has 0 spiro atoms. The molecule has 4 rings (SSSR count). The van der Waals surface area contributed by atoms with Gasteiger partial charge < -0.3 is 10.6 Å². The molecular formula is C24H21N5O. The molecule has 0 saturated heterocycles. The maximum atomic E-state index is 12.3. The third kappa shape index (κ3) is 5.26. The summed E-state index contributed by atoms with van der Waals surface area (Å²) < 4.78 is 0. The van der Waals surface area contributed by atoms with Crippen LogP contribution in [-0.4, -0.2) is 20.9 Å². The number of pyridine rings is 1. The molecule has 2 aromatic heterocycles. The number of anilines is 2. The Morgan fingerprint density at radius 2 is 1.63 bits per heavy atom. The van der Waals surface area contributed by atoms with Crippen molar-refractivity contribution in [3.05, 3.63) is 114 Å². The number of benzene rings is 2. The van der Waals surface area contributed by atoms with E-state index < -0.39 is 0 Å². The summed E-state index contributed by atoms with van der Waals surface area (Å²) in [6.45, 7) is 0.584. The van der Waals surface area contributed by atoms with Crippen molar-refractivity contribution in [2.75, 3.05) is 10.6 Å². The van der Waals surface area contributed by atoms with Crippen molar-refractivity contribution < 1.29 is 4.79 Å². The van der Waals surface area contributed by atoms with E-state index in [4.69, 9.17) is 0 Å². The fraction of sp³-hybridized carbons (Fsp3) is 0.0833. The molecule has 0 aliphatic heterocycles. The molecule has 0 bridgehead atoms. The van der Waals surface area contributed by atoms with Crippen LogP contribution in [0.5, 0.6) is 0 Å². The number of carbonyl (C=O) groups excluding carboxylic acids is 1. The second-order valence-electron chi connectivity index (χ2n) is 6.76. The number of nitrogens with one attached hydrogen (secondary N) is 2. The van der Waals surface area contributed by atoms with E-state index in [9.17, 15) is 4.79 Å². The lowest BCUT2D eigenvalue weighted by atomic mass is 10.1. The third-order valence-electron chi connectivity index (χ3n) is 4.51. The average molecular weight is 395 g/mol. The summed E-state index contributed by atoms with van der Waals surface area (Å²) in [4.78, 5) is 25.2. The Labute approximate surface area is 175 Å². The van der Waals surface area contributed by atoms with Crippen molar-refractivity contribution in [2.24, 2.45) is 0 Å². The number of carbonyl (C=O) groups is 1.